The van der Waals surface area contributed by atoms with Crippen molar-refractivity contribution in [1.29, 1.82) is 0 Å². The van der Waals surface area contributed by atoms with Crippen molar-refractivity contribution in [2.75, 3.05) is 12.4 Å². The summed E-state index contributed by atoms with van der Waals surface area (Å²) in [6.07, 6.45) is 0. The number of ether oxygens (including phenoxy) is 1. The van der Waals surface area contributed by atoms with Crippen LogP contribution < -0.4 is 5.32 Å². The molecule has 0 amide bonds. The number of rotatable bonds is 4. The van der Waals surface area contributed by atoms with E-state index in [1.807, 2.05) is 25.1 Å². The molecule has 0 spiro atoms. The first kappa shape index (κ1) is 15.7. The molecule has 0 unspecified atom stereocenters. The Balaban J connectivity index is 2.20. The first-order chi connectivity index (χ1) is 10.0. The molecule has 0 heterocycles. The SMILES string of the molecule is COC(=O)c1ccc(Cl)cc1NCc1ccc(C)c(Cl)c1. The van der Waals surface area contributed by atoms with Crippen molar-refractivity contribution in [3.63, 3.8) is 0 Å². The van der Waals surface area contributed by atoms with E-state index in [1.165, 1.54) is 7.11 Å². The Hall–Kier alpha value is -1.71. The van der Waals surface area contributed by atoms with E-state index >= 15 is 0 Å². The van der Waals surface area contributed by atoms with E-state index in [1.54, 1.807) is 18.2 Å². The van der Waals surface area contributed by atoms with Gasteiger partial charge in [0, 0.05) is 16.6 Å². The number of benzene rings is 2. The first-order valence-electron chi connectivity index (χ1n) is 6.38. The van der Waals surface area contributed by atoms with Gasteiger partial charge in [0.25, 0.3) is 0 Å². The van der Waals surface area contributed by atoms with Gasteiger partial charge in [0.05, 0.1) is 18.4 Å². The number of halogens is 2. The minimum absolute atomic E-state index is 0.406. The van der Waals surface area contributed by atoms with Crippen molar-refractivity contribution in [1.82, 2.24) is 0 Å². The maximum atomic E-state index is 11.7. The highest BCUT2D eigenvalue weighted by Crippen LogP contribution is 2.23. The van der Waals surface area contributed by atoms with Gasteiger partial charge in [-0.05, 0) is 42.3 Å². The van der Waals surface area contributed by atoms with Crippen LogP contribution in [0.2, 0.25) is 10.0 Å². The number of carbonyl (C=O) groups is 1. The molecule has 0 saturated heterocycles. The molecule has 2 rings (SSSR count). The van der Waals surface area contributed by atoms with Crippen LogP contribution in [0.5, 0.6) is 0 Å². The monoisotopic (exact) mass is 323 g/mol. The van der Waals surface area contributed by atoms with Crippen molar-refractivity contribution in [2.24, 2.45) is 0 Å². The zero-order valence-corrected chi connectivity index (χ0v) is 13.3. The van der Waals surface area contributed by atoms with Gasteiger partial charge >= 0.3 is 5.97 Å². The highest BCUT2D eigenvalue weighted by atomic mass is 35.5. The molecule has 2 aromatic carbocycles. The molecule has 0 atom stereocenters. The lowest BCUT2D eigenvalue weighted by Gasteiger charge is -2.12. The summed E-state index contributed by atoms with van der Waals surface area (Å²) in [4.78, 5) is 11.7. The number of carbonyl (C=O) groups excluding carboxylic acids is 1. The van der Waals surface area contributed by atoms with Crippen LogP contribution in [-0.4, -0.2) is 13.1 Å². The fourth-order valence-corrected chi connectivity index (χ4v) is 2.27. The second kappa shape index (κ2) is 6.83. The van der Waals surface area contributed by atoms with Crippen LogP contribution in [0.3, 0.4) is 0 Å². The molecule has 5 heteroatoms. The number of hydrogen-bond acceptors (Lipinski definition) is 3. The van der Waals surface area contributed by atoms with Crippen LogP contribution in [0, 0.1) is 6.92 Å². The van der Waals surface area contributed by atoms with E-state index in [0.29, 0.717) is 27.8 Å². The Kier molecular flexibility index (Phi) is 5.10. The summed E-state index contributed by atoms with van der Waals surface area (Å²) < 4.78 is 4.76. The summed E-state index contributed by atoms with van der Waals surface area (Å²) in [5.41, 5.74) is 3.12. The maximum Gasteiger partial charge on any atom is 0.339 e. The molecule has 0 aliphatic heterocycles. The molecule has 3 nitrogen and oxygen atoms in total. The van der Waals surface area contributed by atoms with E-state index in [2.05, 4.69) is 5.32 Å². The van der Waals surface area contributed by atoms with Gasteiger partial charge in [0.15, 0.2) is 0 Å². The number of anilines is 1. The third kappa shape index (κ3) is 3.90. The summed E-state index contributed by atoms with van der Waals surface area (Å²) in [6, 6.07) is 10.8. The van der Waals surface area contributed by atoms with Crippen LogP contribution in [0.1, 0.15) is 21.5 Å². The normalized spacial score (nSPS) is 10.3. The first-order valence-corrected chi connectivity index (χ1v) is 7.13. The van der Waals surface area contributed by atoms with Crippen molar-refractivity contribution in [3.8, 4) is 0 Å². The molecule has 1 N–H and O–H groups in total. The van der Waals surface area contributed by atoms with Gasteiger partial charge in [-0.15, -0.1) is 0 Å². The molecule has 0 aliphatic rings. The van der Waals surface area contributed by atoms with Crippen molar-refractivity contribution in [3.05, 3.63) is 63.1 Å². The largest absolute Gasteiger partial charge is 0.465 e. The zero-order chi connectivity index (χ0) is 15.4. The molecule has 0 radical (unpaired) electrons. The third-order valence-corrected chi connectivity index (χ3v) is 3.75. The molecule has 21 heavy (non-hydrogen) atoms. The third-order valence-electron chi connectivity index (χ3n) is 3.11. The number of nitrogens with one attached hydrogen (secondary N) is 1. The highest BCUT2D eigenvalue weighted by molar-refractivity contribution is 6.31. The van der Waals surface area contributed by atoms with Gasteiger partial charge in [0.1, 0.15) is 0 Å². The summed E-state index contributed by atoms with van der Waals surface area (Å²) in [6.45, 7) is 2.48. The Labute approximate surface area is 133 Å². The van der Waals surface area contributed by atoms with Gasteiger partial charge in [-0.25, -0.2) is 4.79 Å². The van der Waals surface area contributed by atoms with Crippen LogP contribution >= 0.6 is 23.2 Å². The van der Waals surface area contributed by atoms with Gasteiger partial charge in [-0.3, -0.25) is 0 Å². The molecule has 0 aromatic heterocycles. The quantitative estimate of drug-likeness (QED) is 0.829. The smallest absolute Gasteiger partial charge is 0.339 e. The average molecular weight is 324 g/mol. The topological polar surface area (TPSA) is 38.3 Å². The Morgan fingerprint density at radius 2 is 1.95 bits per heavy atom. The fourth-order valence-electron chi connectivity index (χ4n) is 1.89. The zero-order valence-electron chi connectivity index (χ0n) is 11.7. The second-order valence-corrected chi connectivity index (χ2v) is 5.46. The predicted molar refractivity (Wildman–Crippen MR) is 86.3 cm³/mol. The van der Waals surface area contributed by atoms with E-state index in [4.69, 9.17) is 27.9 Å². The summed E-state index contributed by atoms with van der Waals surface area (Å²) in [5.74, 6) is -0.406. The predicted octanol–water partition coefficient (Wildman–Crippen LogP) is 4.70. The summed E-state index contributed by atoms with van der Waals surface area (Å²) in [7, 11) is 1.35. The molecule has 0 aliphatic carbocycles. The Bertz CT molecular complexity index is 671. The number of esters is 1. The number of hydrogen-bond donors (Lipinski definition) is 1. The van der Waals surface area contributed by atoms with E-state index in [9.17, 15) is 4.79 Å². The molecular formula is C16H15Cl2NO2. The summed E-state index contributed by atoms with van der Waals surface area (Å²) in [5, 5.41) is 4.45. The molecule has 2 aromatic rings. The number of aryl methyl sites for hydroxylation is 1. The fraction of sp³-hybridized carbons (Fsp3) is 0.188. The minimum atomic E-state index is -0.406. The lowest BCUT2D eigenvalue weighted by molar-refractivity contribution is 0.0602. The van der Waals surface area contributed by atoms with Crippen LogP contribution in [0.25, 0.3) is 0 Å². The minimum Gasteiger partial charge on any atom is -0.465 e. The highest BCUT2D eigenvalue weighted by Gasteiger charge is 2.12. The maximum absolute atomic E-state index is 11.7. The Morgan fingerprint density at radius 1 is 1.19 bits per heavy atom. The standard InChI is InChI=1S/C16H15Cl2NO2/c1-10-3-4-11(7-14(10)18)9-19-15-8-12(17)5-6-13(15)16(20)21-2/h3-8,19H,9H2,1-2H3. The van der Waals surface area contributed by atoms with Crippen molar-refractivity contribution in [2.45, 2.75) is 13.5 Å². The van der Waals surface area contributed by atoms with Crippen molar-refractivity contribution < 1.29 is 9.53 Å². The molecule has 110 valence electrons. The van der Waals surface area contributed by atoms with Crippen LogP contribution in [0.15, 0.2) is 36.4 Å². The van der Waals surface area contributed by atoms with E-state index in [0.717, 1.165) is 11.1 Å². The lowest BCUT2D eigenvalue weighted by atomic mass is 10.1. The van der Waals surface area contributed by atoms with Gasteiger partial charge < -0.3 is 10.1 Å². The van der Waals surface area contributed by atoms with E-state index < -0.39 is 5.97 Å². The number of methoxy groups -OCH3 is 1. The van der Waals surface area contributed by atoms with Gasteiger partial charge in [0.2, 0.25) is 0 Å². The lowest BCUT2D eigenvalue weighted by Crippen LogP contribution is -2.08. The van der Waals surface area contributed by atoms with Gasteiger partial charge in [-0.2, -0.15) is 0 Å². The summed E-state index contributed by atoms with van der Waals surface area (Å²) >= 11 is 12.1. The van der Waals surface area contributed by atoms with Crippen molar-refractivity contribution >= 4 is 34.9 Å². The van der Waals surface area contributed by atoms with Crippen LogP contribution in [-0.2, 0) is 11.3 Å². The van der Waals surface area contributed by atoms with E-state index in [-0.39, 0.29) is 0 Å². The second-order valence-electron chi connectivity index (χ2n) is 4.62. The molecule has 0 fully saturated rings. The van der Waals surface area contributed by atoms with Crippen LogP contribution in [0.4, 0.5) is 5.69 Å². The Morgan fingerprint density at radius 3 is 2.62 bits per heavy atom. The average Bonchev–Trinajstić information content (AvgIpc) is 2.48. The molecule has 0 saturated carbocycles. The van der Waals surface area contributed by atoms with Gasteiger partial charge in [-0.1, -0.05) is 35.3 Å². The molecular weight excluding hydrogens is 309 g/mol. The molecule has 0 bridgehead atoms.